The number of rotatable bonds is 6. The molecule has 2 N–H and O–H groups in total. The Morgan fingerprint density at radius 3 is 1.54 bits per heavy atom. The smallest absolute Gasteiger partial charge is 0.308 e. The van der Waals surface area contributed by atoms with E-state index in [1.807, 2.05) is 0 Å². The van der Waals surface area contributed by atoms with E-state index in [0.29, 0.717) is 11.1 Å². The maximum Gasteiger partial charge on any atom is 0.308 e. The van der Waals surface area contributed by atoms with Crippen molar-refractivity contribution in [1.29, 1.82) is 0 Å². The normalized spacial score (nSPS) is 10.9. The van der Waals surface area contributed by atoms with Gasteiger partial charge in [0, 0.05) is 25.0 Å². The summed E-state index contributed by atoms with van der Waals surface area (Å²) in [5.74, 6) is -1.20. The lowest BCUT2D eigenvalue weighted by atomic mass is 9.71. The van der Waals surface area contributed by atoms with Crippen molar-refractivity contribution in [2.45, 2.75) is 32.6 Å². The third-order valence-corrected chi connectivity index (χ3v) is 4.15. The number of esters is 2. The predicted octanol–water partition coefficient (Wildman–Crippen LogP) is 2.72. The highest BCUT2D eigenvalue weighted by molar-refractivity contribution is 5.93. The molecule has 2 aromatic rings. The summed E-state index contributed by atoms with van der Waals surface area (Å²) >= 11 is 0. The lowest BCUT2D eigenvalue weighted by Crippen LogP contribution is -2.42. The highest BCUT2D eigenvalue weighted by Crippen LogP contribution is 2.44. The van der Waals surface area contributed by atoms with E-state index in [0.717, 1.165) is 0 Å². The largest absolute Gasteiger partial charge is 0.426 e. The second-order valence-corrected chi connectivity index (χ2v) is 5.80. The van der Waals surface area contributed by atoms with Crippen LogP contribution in [0.4, 0.5) is 0 Å². The zero-order valence-electron chi connectivity index (χ0n) is 14.9. The first-order valence-electron chi connectivity index (χ1n) is 8.18. The first-order chi connectivity index (χ1) is 12.3. The number of carbonyl (C=O) groups is 3. The van der Waals surface area contributed by atoms with Crippen molar-refractivity contribution >= 4 is 17.8 Å². The van der Waals surface area contributed by atoms with Gasteiger partial charge in [-0.05, 0) is 18.6 Å². The summed E-state index contributed by atoms with van der Waals surface area (Å²) < 4.78 is 10.6. The van der Waals surface area contributed by atoms with Gasteiger partial charge in [0.2, 0.25) is 5.91 Å². The first kappa shape index (κ1) is 19.2. The molecule has 0 aliphatic carbocycles. The highest BCUT2D eigenvalue weighted by atomic mass is 16.5. The van der Waals surface area contributed by atoms with Gasteiger partial charge < -0.3 is 15.2 Å². The number of nitrogens with two attached hydrogens (primary N) is 1. The van der Waals surface area contributed by atoms with Gasteiger partial charge in [-0.25, -0.2) is 0 Å². The van der Waals surface area contributed by atoms with Gasteiger partial charge in [0.15, 0.2) is 0 Å². The van der Waals surface area contributed by atoms with E-state index in [2.05, 4.69) is 0 Å². The zero-order valence-corrected chi connectivity index (χ0v) is 14.9. The molecule has 0 bridgehead atoms. The molecule has 1 amide bonds. The SMILES string of the molecule is CCC(C(N)=O)(c1ccccc1OC(C)=O)c1ccccc1OC(C)=O. The molecule has 6 nitrogen and oxygen atoms in total. The van der Waals surface area contributed by atoms with Crippen molar-refractivity contribution in [3.8, 4) is 11.5 Å². The van der Waals surface area contributed by atoms with Crippen LogP contribution in [0, 0.1) is 0 Å². The highest BCUT2D eigenvalue weighted by Gasteiger charge is 2.43. The van der Waals surface area contributed by atoms with E-state index in [4.69, 9.17) is 15.2 Å². The Bertz CT molecular complexity index is 784. The molecule has 0 saturated carbocycles. The number of amides is 1. The molecule has 26 heavy (non-hydrogen) atoms. The first-order valence-corrected chi connectivity index (χ1v) is 8.18. The van der Waals surface area contributed by atoms with Crippen LogP contribution in [0.2, 0.25) is 0 Å². The van der Waals surface area contributed by atoms with Gasteiger partial charge in [-0.2, -0.15) is 0 Å². The average Bonchev–Trinajstić information content (AvgIpc) is 2.57. The van der Waals surface area contributed by atoms with E-state index in [1.165, 1.54) is 13.8 Å². The van der Waals surface area contributed by atoms with Gasteiger partial charge in [0.1, 0.15) is 16.9 Å². The topological polar surface area (TPSA) is 95.7 Å². The van der Waals surface area contributed by atoms with Crippen molar-refractivity contribution in [3.63, 3.8) is 0 Å². The predicted molar refractivity (Wildman–Crippen MR) is 95.8 cm³/mol. The van der Waals surface area contributed by atoms with E-state index < -0.39 is 23.3 Å². The van der Waals surface area contributed by atoms with Crippen LogP contribution in [-0.2, 0) is 19.8 Å². The van der Waals surface area contributed by atoms with Crippen LogP contribution in [0.15, 0.2) is 48.5 Å². The molecule has 2 aromatic carbocycles. The monoisotopic (exact) mass is 355 g/mol. The number of carbonyl (C=O) groups excluding carboxylic acids is 3. The van der Waals surface area contributed by atoms with E-state index in [1.54, 1.807) is 55.5 Å². The minimum Gasteiger partial charge on any atom is -0.426 e. The summed E-state index contributed by atoms with van der Waals surface area (Å²) in [7, 11) is 0. The molecule has 0 unspecified atom stereocenters. The number of primary amides is 1. The lowest BCUT2D eigenvalue weighted by Gasteiger charge is -2.32. The molecule has 136 valence electrons. The molecule has 0 radical (unpaired) electrons. The fourth-order valence-electron chi connectivity index (χ4n) is 3.09. The van der Waals surface area contributed by atoms with E-state index in [-0.39, 0.29) is 17.9 Å². The molecule has 0 heterocycles. The summed E-state index contributed by atoms with van der Waals surface area (Å²) in [5.41, 5.74) is 5.36. The second-order valence-electron chi connectivity index (χ2n) is 5.80. The van der Waals surface area contributed by atoms with Gasteiger partial charge in [0.05, 0.1) is 0 Å². The fraction of sp³-hybridized carbons (Fsp3) is 0.250. The average molecular weight is 355 g/mol. The van der Waals surface area contributed by atoms with Crippen LogP contribution in [-0.4, -0.2) is 17.8 Å². The third kappa shape index (κ3) is 3.59. The minimum absolute atomic E-state index is 0.235. The lowest BCUT2D eigenvalue weighted by molar-refractivity contribution is -0.132. The summed E-state index contributed by atoms with van der Waals surface area (Å²) in [4.78, 5) is 35.7. The Labute approximate surface area is 151 Å². The number of ether oxygens (including phenoxy) is 2. The van der Waals surface area contributed by atoms with Crippen molar-refractivity contribution < 1.29 is 23.9 Å². The molecule has 2 rings (SSSR count). The van der Waals surface area contributed by atoms with Gasteiger partial charge >= 0.3 is 11.9 Å². The van der Waals surface area contributed by atoms with E-state index in [9.17, 15) is 14.4 Å². The molecule has 0 atom stereocenters. The van der Waals surface area contributed by atoms with Crippen LogP contribution < -0.4 is 15.2 Å². The standard InChI is InChI=1S/C20H21NO5/c1-4-20(19(21)24,15-9-5-7-11-17(15)25-13(2)22)16-10-6-8-12-18(16)26-14(3)23/h5-12H,4H2,1-3H3,(H2,21,24). The Morgan fingerprint density at radius 1 is 0.846 bits per heavy atom. The molecular weight excluding hydrogens is 334 g/mol. The van der Waals surface area contributed by atoms with Crippen molar-refractivity contribution in [3.05, 3.63) is 59.7 Å². The quantitative estimate of drug-likeness (QED) is 0.635. The summed E-state index contributed by atoms with van der Waals surface area (Å²) in [6.45, 7) is 4.35. The van der Waals surface area contributed by atoms with Gasteiger partial charge in [-0.3, -0.25) is 14.4 Å². The van der Waals surface area contributed by atoms with Crippen molar-refractivity contribution in [2.24, 2.45) is 5.73 Å². The maximum absolute atomic E-state index is 12.7. The minimum atomic E-state index is -1.34. The summed E-state index contributed by atoms with van der Waals surface area (Å²) in [5, 5.41) is 0. The second kappa shape index (κ2) is 7.82. The Balaban J connectivity index is 2.79. The van der Waals surface area contributed by atoms with Crippen molar-refractivity contribution in [2.75, 3.05) is 0 Å². The Morgan fingerprint density at radius 2 is 1.23 bits per heavy atom. The Kier molecular flexibility index (Phi) is 5.77. The van der Waals surface area contributed by atoms with E-state index >= 15 is 0 Å². The molecule has 0 spiro atoms. The van der Waals surface area contributed by atoms with Crippen LogP contribution in [0.25, 0.3) is 0 Å². The van der Waals surface area contributed by atoms with Crippen LogP contribution in [0.3, 0.4) is 0 Å². The van der Waals surface area contributed by atoms with Crippen LogP contribution in [0.1, 0.15) is 38.3 Å². The van der Waals surface area contributed by atoms with Gasteiger partial charge in [-0.1, -0.05) is 43.3 Å². The summed E-state index contributed by atoms with van der Waals surface area (Å²) in [6.07, 6.45) is 0.277. The zero-order chi connectivity index (χ0) is 19.3. The molecule has 6 heteroatoms. The molecule has 0 fully saturated rings. The maximum atomic E-state index is 12.7. The van der Waals surface area contributed by atoms with Crippen LogP contribution in [0.5, 0.6) is 11.5 Å². The third-order valence-electron chi connectivity index (χ3n) is 4.15. The molecule has 0 aromatic heterocycles. The fourth-order valence-corrected chi connectivity index (χ4v) is 3.09. The molecule has 0 saturated heterocycles. The van der Waals surface area contributed by atoms with Gasteiger partial charge in [0.25, 0.3) is 0 Å². The summed E-state index contributed by atoms with van der Waals surface area (Å²) in [6, 6.07) is 13.4. The number of benzene rings is 2. The number of para-hydroxylation sites is 2. The molecule has 0 aliphatic heterocycles. The molecule has 0 aliphatic rings. The van der Waals surface area contributed by atoms with Gasteiger partial charge in [-0.15, -0.1) is 0 Å². The van der Waals surface area contributed by atoms with Crippen molar-refractivity contribution in [1.82, 2.24) is 0 Å². The number of hydrogen-bond acceptors (Lipinski definition) is 5. The Hall–Kier alpha value is -3.15. The number of hydrogen-bond donors (Lipinski definition) is 1. The molecular formula is C20H21NO5. The van der Waals surface area contributed by atoms with Crippen LogP contribution >= 0.6 is 0 Å².